The Kier molecular flexibility index (Phi) is 4.67. The molecule has 0 bridgehead atoms. The molecule has 1 aliphatic rings. The third kappa shape index (κ3) is 2.82. The number of ether oxygens (including phenoxy) is 1. The Hall–Kier alpha value is -2.53. The van der Waals surface area contributed by atoms with E-state index in [0.717, 1.165) is 21.5 Å². The molecule has 1 aliphatic carbocycles. The molecule has 0 spiro atoms. The van der Waals surface area contributed by atoms with Crippen molar-refractivity contribution in [1.82, 2.24) is 0 Å². The minimum absolute atomic E-state index is 0. The summed E-state index contributed by atoms with van der Waals surface area (Å²) in [5, 5.41) is 3.32. The van der Waals surface area contributed by atoms with Crippen molar-refractivity contribution in [2.24, 2.45) is 17.6 Å². The van der Waals surface area contributed by atoms with Crippen LogP contribution < -0.4 is 5.73 Å². The summed E-state index contributed by atoms with van der Waals surface area (Å²) >= 11 is 0. The van der Waals surface area contributed by atoms with Gasteiger partial charge in [-0.1, -0.05) is 56.0 Å². The van der Waals surface area contributed by atoms with E-state index in [2.05, 4.69) is 0 Å². The highest BCUT2D eigenvalue weighted by atomic mass is 19.3. The molecule has 3 aromatic rings. The number of nitrogens with two attached hydrogens (primary N) is 1. The van der Waals surface area contributed by atoms with Gasteiger partial charge in [0.05, 0.1) is 11.5 Å². The Morgan fingerprint density at radius 2 is 1.54 bits per heavy atom. The van der Waals surface area contributed by atoms with Gasteiger partial charge in [0, 0.05) is 12.5 Å². The topological polar surface area (TPSA) is 52.3 Å². The quantitative estimate of drug-likeness (QED) is 0.547. The molecule has 1 fully saturated rings. The molecule has 2 atom stereocenters. The number of carbonyl (C=O) groups is 1. The lowest BCUT2D eigenvalue weighted by Gasteiger charge is -2.11. The zero-order valence-corrected chi connectivity index (χ0v) is 13.4. The van der Waals surface area contributed by atoms with Crippen LogP contribution in [0.1, 0.15) is 17.8 Å². The molecule has 2 N–H and O–H groups in total. The van der Waals surface area contributed by atoms with Gasteiger partial charge in [0.15, 0.2) is 0 Å². The molecule has 0 aromatic heterocycles. The van der Waals surface area contributed by atoms with Gasteiger partial charge in [-0.2, -0.15) is 0 Å². The number of alkyl halides is 2. The molecular weight excluding hydrogens is 336 g/mol. The Morgan fingerprint density at radius 3 is 2.04 bits per heavy atom. The Balaban J connectivity index is 0.00000196. The fraction of sp³-hybridized carbons (Fsp3) is 0.286. The number of benzene rings is 3. The van der Waals surface area contributed by atoms with E-state index in [1.807, 2.05) is 54.6 Å². The van der Waals surface area contributed by atoms with E-state index < -0.39 is 23.7 Å². The van der Waals surface area contributed by atoms with Crippen LogP contribution in [0.3, 0.4) is 0 Å². The van der Waals surface area contributed by atoms with Gasteiger partial charge in [-0.15, -0.1) is 0 Å². The molecule has 1 saturated carbocycles. The molecule has 26 heavy (non-hydrogen) atoms. The van der Waals surface area contributed by atoms with Crippen LogP contribution in [-0.4, -0.2) is 25.0 Å². The van der Waals surface area contributed by atoms with Gasteiger partial charge in [0.2, 0.25) is 0 Å². The van der Waals surface area contributed by atoms with E-state index in [0.29, 0.717) is 5.56 Å². The molecule has 0 unspecified atom stereocenters. The summed E-state index contributed by atoms with van der Waals surface area (Å²) < 4.78 is 32.4. The maximum atomic E-state index is 13.5. The number of carbonyl (C=O) groups excluding carboxylic acids is 1. The second kappa shape index (κ2) is 6.65. The summed E-state index contributed by atoms with van der Waals surface area (Å²) in [6.07, 6.45) is 0. The summed E-state index contributed by atoms with van der Waals surface area (Å²) in [5.41, 5.74) is 5.76. The first-order valence-electron chi connectivity index (χ1n) is 8.19. The molecule has 0 amide bonds. The molecule has 0 radical (unpaired) electrons. The first kappa shape index (κ1) is 18.3. The molecule has 3 aromatic carbocycles. The highest BCUT2D eigenvalue weighted by Crippen LogP contribution is 2.54. The SMILES string of the molecule is C.NC[C@@H]1[C@@H](COC(=O)c2c3ccccc3cc3ccccc23)C1(F)F. The molecule has 5 heteroatoms. The van der Waals surface area contributed by atoms with E-state index >= 15 is 0 Å². The van der Waals surface area contributed by atoms with Crippen LogP contribution >= 0.6 is 0 Å². The number of rotatable bonds is 4. The zero-order valence-electron chi connectivity index (χ0n) is 13.4. The molecule has 0 aliphatic heterocycles. The summed E-state index contributed by atoms with van der Waals surface area (Å²) in [6.45, 7) is -0.419. The molecular formula is C21H21F2NO2. The van der Waals surface area contributed by atoms with Gasteiger partial charge < -0.3 is 10.5 Å². The highest BCUT2D eigenvalue weighted by Gasteiger charge is 2.67. The predicted octanol–water partition coefficient (Wildman–Crippen LogP) is 4.63. The third-order valence-corrected chi connectivity index (χ3v) is 4.99. The smallest absolute Gasteiger partial charge is 0.339 e. The summed E-state index contributed by atoms with van der Waals surface area (Å²) in [4.78, 5) is 12.7. The summed E-state index contributed by atoms with van der Waals surface area (Å²) in [7, 11) is 0. The van der Waals surface area contributed by atoms with Crippen LogP contribution in [0.4, 0.5) is 8.78 Å². The predicted molar refractivity (Wildman–Crippen MR) is 99.4 cm³/mol. The van der Waals surface area contributed by atoms with Crippen molar-refractivity contribution in [3.63, 3.8) is 0 Å². The number of hydrogen-bond acceptors (Lipinski definition) is 3. The highest BCUT2D eigenvalue weighted by molar-refractivity contribution is 6.16. The van der Waals surface area contributed by atoms with Crippen molar-refractivity contribution >= 4 is 27.5 Å². The van der Waals surface area contributed by atoms with E-state index in [1.165, 1.54) is 0 Å². The van der Waals surface area contributed by atoms with Gasteiger partial charge in [-0.25, -0.2) is 13.6 Å². The van der Waals surface area contributed by atoms with Crippen LogP contribution in [0.25, 0.3) is 21.5 Å². The van der Waals surface area contributed by atoms with E-state index in [-0.39, 0.29) is 20.6 Å². The normalized spacial score (nSPS) is 20.6. The molecule has 0 saturated heterocycles. The van der Waals surface area contributed by atoms with Crippen molar-refractivity contribution in [3.8, 4) is 0 Å². The van der Waals surface area contributed by atoms with Crippen LogP contribution in [-0.2, 0) is 4.74 Å². The summed E-state index contributed by atoms with van der Waals surface area (Å²) in [5.74, 6) is -5.30. The van der Waals surface area contributed by atoms with Gasteiger partial charge in [0.1, 0.15) is 6.61 Å². The lowest BCUT2D eigenvalue weighted by Crippen LogP contribution is -2.11. The van der Waals surface area contributed by atoms with E-state index in [9.17, 15) is 13.6 Å². The third-order valence-electron chi connectivity index (χ3n) is 4.99. The number of fused-ring (bicyclic) bond motifs is 2. The Labute approximate surface area is 150 Å². The lowest BCUT2D eigenvalue weighted by atomic mass is 9.97. The monoisotopic (exact) mass is 357 g/mol. The van der Waals surface area contributed by atoms with Crippen molar-refractivity contribution in [2.45, 2.75) is 13.3 Å². The van der Waals surface area contributed by atoms with E-state index in [1.54, 1.807) is 0 Å². The average molecular weight is 357 g/mol. The fourth-order valence-corrected chi connectivity index (χ4v) is 3.48. The number of esters is 1. The molecule has 3 nitrogen and oxygen atoms in total. The van der Waals surface area contributed by atoms with Crippen molar-refractivity contribution in [3.05, 3.63) is 60.2 Å². The van der Waals surface area contributed by atoms with Crippen LogP contribution in [0.2, 0.25) is 0 Å². The van der Waals surface area contributed by atoms with Gasteiger partial charge in [-0.3, -0.25) is 0 Å². The van der Waals surface area contributed by atoms with Crippen LogP contribution in [0.15, 0.2) is 54.6 Å². The standard InChI is InChI=1S/C20H17F2NO2.CH4/c21-20(22)16(10-23)17(20)11-25-19(24)18-14-7-3-1-5-12(14)9-13-6-2-4-8-15(13)18;/h1-9,16-17H,10-11,23H2;1H4/t16-,17-;/m1./s1. The minimum Gasteiger partial charge on any atom is -0.462 e. The molecule has 136 valence electrons. The van der Waals surface area contributed by atoms with Gasteiger partial charge in [-0.05, 0) is 27.6 Å². The minimum atomic E-state index is -2.84. The van der Waals surface area contributed by atoms with Crippen LogP contribution in [0.5, 0.6) is 0 Å². The van der Waals surface area contributed by atoms with Crippen molar-refractivity contribution in [2.75, 3.05) is 13.2 Å². The Morgan fingerprint density at radius 1 is 1.00 bits per heavy atom. The number of hydrogen-bond donors (Lipinski definition) is 1. The first-order chi connectivity index (χ1) is 12.0. The van der Waals surface area contributed by atoms with Crippen LogP contribution in [0, 0.1) is 11.8 Å². The first-order valence-corrected chi connectivity index (χ1v) is 8.19. The average Bonchev–Trinajstić information content (AvgIpc) is 3.16. The fourth-order valence-electron chi connectivity index (χ4n) is 3.48. The zero-order chi connectivity index (χ0) is 17.6. The van der Waals surface area contributed by atoms with Gasteiger partial charge >= 0.3 is 5.97 Å². The molecule has 4 rings (SSSR count). The van der Waals surface area contributed by atoms with Gasteiger partial charge in [0.25, 0.3) is 5.92 Å². The lowest BCUT2D eigenvalue weighted by molar-refractivity contribution is 0.0365. The second-order valence-corrected chi connectivity index (χ2v) is 6.42. The summed E-state index contributed by atoms with van der Waals surface area (Å²) in [6, 6.07) is 17.0. The number of halogens is 2. The van der Waals surface area contributed by atoms with E-state index in [4.69, 9.17) is 10.5 Å². The maximum absolute atomic E-state index is 13.5. The Bertz CT molecular complexity index is 917. The van der Waals surface area contributed by atoms with Crippen molar-refractivity contribution < 1.29 is 18.3 Å². The van der Waals surface area contributed by atoms with Crippen molar-refractivity contribution in [1.29, 1.82) is 0 Å². The second-order valence-electron chi connectivity index (χ2n) is 6.42. The largest absolute Gasteiger partial charge is 0.462 e. The molecule has 0 heterocycles. The maximum Gasteiger partial charge on any atom is 0.339 e.